The lowest BCUT2D eigenvalue weighted by Crippen LogP contribution is -2.16. The Morgan fingerprint density at radius 2 is 1.58 bits per heavy atom. The van der Waals surface area contributed by atoms with E-state index in [4.69, 9.17) is 0 Å². The Bertz CT molecular complexity index is 1080. The molecular weight excluding hydrogens is 425 g/mol. The van der Waals surface area contributed by atoms with Gasteiger partial charge in [-0.1, -0.05) is 35.9 Å². The number of alkyl halides is 3. The van der Waals surface area contributed by atoms with Gasteiger partial charge in [-0.3, -0.25) is 9.59 Å². The van der Waals surface area contributed by atoms with Crippen LogP contribution < -0.4 is 10.6 Å². The summed E-state index contributed by atoms with van der Waals surface area (Å²) in [5.41, 5.74) is 1.21. The third-order valence-electron chi connectivity index (χ3n) is 4.27. The van der Waals surface area contributed by atoms with Crippen molar-refractivity contribution < 1.29 is 22.8 Å². The van der Waals surface area contributed by atoms with Gasteiger partial charge in [0.25, 0.3) is 5.91 Å². The summed E-state index contributed by atoms with van der Waals surface area (Å²) in [5.74, 6) is -0.717. The van der Waals surface area contributed by atoms with Gasteiger partial charge in [-0.2, -0.15) is 13.2 Å². The number of anilines is 2. The molecule has 0 aliphatic carbocycles. The van der Waals surface area contributed by atoms with Crippen LogP contribution in [0.2, 0.25) is 0 Å². The standard InChI is InChI=1S/C23H19F3N2O2S/c1-15-9-11-17(12-10-15)27-21(29)14-31-20-8-3-2-7-19(20)22(30)28-18-6-4-5-16(13-18)23(24,25)26/h2-13H,14H2,1H3,(H,27,29)(H,28,30). The first-order valence-electron chi connectivity index (χ1n) is 9.29. The number of rotatable bonds is 6. The van der Waals surface area contributed by atoms with E-state index in [1.54, 1.807) is 36.4 Å². The fourth-order valence-corrected chi connectivity index (χ4v) is 3.58. The predicted octanol–water partition coefficient (Wildman–Crippen LogP) is 6.00. The first-order valence-corrected chi connectivity index (χ1v) is 10.3. The molecule has 8 heteroatoms. The van der Waals surface area contributed by atoms with Gasteiger partial charge in [0, 0.05) is 16.3 Å². The topological polar surface area (TPSA) is 58.2 Å². The quantitative estimate of drug-likeness (QED) is 0.459. The maximum absolute atomic E-state index is 12.9. The second-order valence-corrected chi connectivity index (χ2v) is 7.75. The number of benzene rings is 3. The van der Waals surface area contributed by atoms with Gasteiger partial charge >= 0.3 is 6.18 Å². The minimum absolute atomic E-state index is 0.0387. The van der Waals surface area contributed by atoms with Crippen molar-refractivity contribution >= 4 is 35.0 Å². The van der Waals surface area contributed by atoms with Crippen molar-refractivity contribution in [3.8, 4) is 0 Å². The molecule has 3 aromatic rings. The number of hydrogen-bond acceptors (Lipinski definition) is 3. The van der Waals surface area contributed by atoms with Crippen molar-refractivity contribution in [2.75, 3.05) is 16.4 Å². The first kappa shape index (κ1) is 22.4. The largest absolute Gasteiger partial charge is 0.416 e. The van der Waals surface area contributed by atoms with Crippen LogP contribution >= 0.6 is 11.8 Å². The Hall–Kier alpha value is -3.26. The van der Waals surface area contributed by atoms with Crippen LogP contribution in [-0.4, -0.2) is 17.6 Å². The number of carbonyl (C=O) groups excluding carboxylic acids is 2. The average Bonchev–Trinajstić information content (AvgIpc) is 2.74. The molecule has 0 bridgehead atoms. The zero-order valence-electron chi connectivity index (χ0n) is 16.5. The van der Waals surface area contributed by atoms with Gasteiger partial charge in [0.1, 0.15) is 0 Å². The van der Waals surface area contributed by atoms with Crippen LogP contribution in [0.4, 0.5) is 24.5 Å². The van der Waals surface area contributed by atoms with E-state index in [9.17, 15) is 22.8 Å². The molecule has 0 radical (unpaired) electrons. The Kier molecular flexibility index (Phi) is 7.02. The molecule has 2 N–H and O–H groups in total. The second kappa shape index (κ2) is 9.70. The number of carbonyl (C=O) groups is 2. The van der Waals surface area contributed by atoms with Gasteiger partial charge < -0.3 is 10.6 Å². The van der Waals surface area contributed by atoms with Gasteiger partial charge in [-0.15, -0.1) is 11.8 Å². The highest BCUT2D eigenvalue weighted by Crippen LogP contribution is 2.31. The predicted molar refractivity (Wildman–Crippen MR) is 116 cm³/mol. The van der Waals surface area contributed by atoms with Gasteiger partial charge in [-0.25, -0.2) is 0 Å². The van der Waals surface area contributed by atoms with Crippen molar-refractivity contribution in [2.24, 2.45) is 0 Å². The summed E-state index contributed by atoms with van der Waals surface area (Å²) < 4.78 is 38.7. The molecule has 0 heterocycles. The number of aryl methyl sites for hydroxylation is 1. The molecule has 31 heavy (non-hydrogen) atoms. The highest BCUT2D eigenvalue weighted by Gasteiger charge is 2.30. The maximum atomic E-state index is 12.9. The molecule has 0 saturated heterocycles. The molecule has 0 saturated carbocycles. The van der Waals surface area contributed by atoms with E-state index in [1.165, 1.54) is 23.9 Å². The summed E-state index contributed by atoms with van der Waals surface area (Å²) in [6.07, 6.45) is -4.50. The molecule has 2 amide bonds. The van der Waals surface area contributed by atoms with E-state index < -0.39 is 17.6 Å². The Labute approximate surface area is 181 Å². The molecule has 0 aromatic heterocycles. The summed E-state index contributed by atoms with van der Waals surface area (Å²) in [7, 11) is 0. The zero-order chi connectivity index (χ0) is 22.4. The van der Waals surface area contributed by atoms with Crippen LogP contribution in [0.15, 0.2) is 77.7 Å². The summed E-state index contributed by atoms with van der Waals surface area (Å²) in [6.45, 7) is 1.95. The molecule has 0 aliphatic heterocycles. The number of thioether (sulfide) groups is 1. The molecule has 0 fully saturated rings. The summed E-state index contributed by atoms with van der Waals surface area (Å²) >= 11 is 1.17. The lowest BCUT2D eigenvalue weighted by atomic mass is 10.1. The van der Waals surface area contributed by atoms with Crippen molar-refractivity contribution in [1.29, 1.82) is 0 Å². The van der Waals surface area contributed by atoms with E-state index in [2.05, 4.69) is 10.6 Å². The molecular formula is C23H19F3N2O2S. The van der Waals surface area contributed by atoms with Crippen LogP contribution in [0, 0.1) is 6.92 Å². The molecule has 0 spiro atoms. The van der Waals surface area contributed by atoms with Crippen LogP contribution in [-0.2, 0) is 11.0 Å². The van der Waals surface area contributed by atoms with E-state index in [0.717, 1.165) is 17.7 Å². The van der Waals surface area contributed by atoms with E-state index in [1.807, 2.05) is 19.1 Å². The summed E-state index contributed by atoms with van der Waals surface area (Å²) in [4.78, 5) is 25.4. The van der Waals surface area contributed by atoms with Crippen molar-refractivity contribution in [2.45, 2.75) is 18.0 Å². The van der Waals surface area contributed by atoms with Crippen molar-refractivity contribution in [3.63, 3.8) is 0 Å². The number of amides is 2. The highest BCUT2D eigenvalue weighted by molar-refractivity contribution is 8.00. The van der Waals surface area contributed by atoms with Crippen molar-refractivity contribution in [3.05, 3.63) is 89.5 Å². The highest BCUT2D eigenvalue weighted by atomic mass is 32.2. The second-order valence-electron chi connectivity index (χ2n) is 6.73. The Balaban J connectivity index is 1.66. The minimum Gasteiger partial charge on any atom is -0.325 e. The third-order valence-corrected chi connectivity index (χ3v) is 5.35. The number of halogens is 3. The lowest BCUT2D eigenvalue weighted by molar-refractivity contribution is -0.137. The van der Waals surface area contributed by atoms with Crippen LogP contribution in [0.1, 0.15) is 21.5 Å². The van der Waals surface area contributed by atoms with Crippen LogP contribution in [0.3, 0.4) is 0 Å². The normalized spacial score (nSPS) is 11.1. The minimum atomic E-state index is -4.50. The number of nitrogens with one attached hydrogen (secondary N) is 2. The third kappa shape index (κ3) is 6.36. The first-order chi connectivity index (χ1) is 14.7. The van der Waals surface area contributed by atoms with E-state index in [0.29, 0.717) is 10.6 Å². The summed E-state index contributed by atoms with van der Waals surface area (Å²) in [6, 6.07) is 18.4. The molecule has 160 valence electrons. The van der Waals surface area contributed by atoms with Gasteiger partial charge in [0.05, 0.1) is 16.9 Å². The average molecular weight is 444 g/mol. The molecule has 0 aliphatic rings. The monoisotopic (exact) mass is 444 g/mol. The van der Waals surface area contributed by atoms with Crippen molar-refractivity contribution in [1.82, 2.24) is 0 Å². The molecule has 0 unspecified atom stereocenters. The summed E-state index contributed by atoms with van der Waals surface area (Å²) in [5, 5.41) is 5.27. The fourth-order valence-electron chi connectivity index (χ4n) is 2.73. The number of hydrogen-bond donors (Lipinski definition) is 2. The SMILES string of the molecule is Cc1ccc(NC(=O)CSc2ccccc2C(=O)Nc2cccc(C(F)(F)F)c2)cc1. The molecule has 0 atom stereocenters. The molecule has 3 aromatic carbocycles. The smallest absolute Gasteiger partial charge is 0.325 e. The fraction of sp³-hybridized carbons (Fsp3) is 0.130. The lowest BCUT2D eigenvalue weighted by Gasteiger charge is -2.12. The van der Waals surface area contributed by atoms with Gasteiger partial charge in [0.2, 0.25) is 5.91 Å². The Morgan fingerprint density at radius 1 is 0.871 bits per heavy atom. The van der Waals surface area contributed by atoms with E-state index >= 15 is 0 Å². The van der Waals surface area contributed by atoms with Gasteiger partial charge in [0.15, 0.2) is 0 Å². The zero-order valence-corrected chi connectivity index (χ0v) is 17.3. The molecule has 4 nitrogen and oxygen atoms in total. The van der Waals surface area contributed by atoms with Crippen LogP contribution in [0.5, 0.6) is 0 Å². The molecule has 3 rings (SSSR count). The van der Waals surface area contributed by atoms with E-state index in [-0.39, 0.29) is 22.9 Å². The van der Waals surface area contributed by atoms with Crippen LogP contribution in [0.25, 0.3) is 0 Å². The maximum Gasteiger partial charge on any atom is 0.416 e. The Morgan fingerprint density at radius 3 is 2.29 bits per heavy atom. The van der Waals surface area contributed by atoms with Gasteiger partial charge in [-0.05, 0) is 49.4 Å².